The summed E-state index contributed by atoms with van der Waals surface area (Å²) in [6.45, 7) is 2.06. The third kappa shape index (κ3) is 2.32. The number of nitrogens with two attached hydrogens (primary N) is 1. The second-order valence-electron chi connectivity index (χ2n) is 4.89. The van der Waals surface area contributed by atoms with E-state index in [1.165, 1.54) is 0 Å². The van der Waals surface area contributed by atoms with Gasteiger partial charge in [0, 0.05) is 11.1 Å². The maximum atomic E-state index is 6.29. The van der Waals surface area contributed by atoms with E-state index < -0.39 is 0 Å². The number of rotatable bonds is 3. The molecule has 1 heterocycles. The van der Waals surface area contributed by atoms with Gasteiger partial charge in [0.15, 0.2) is 0 Å². The van der Waals surface area contributed by atoms with Crippen LogP contribution in [-0.2, 0) is 0 Å². The lowest BCUT2D eigenvalue weighted by Crippen LogP contribution is -2.10. The van der Waals surface area contributed by atoms with E-state index in [-0.39, 0.29) is 6.04 Å². The largest absolute Gasteiger partial charge is 0.497 e. The van der Waals surface area contributed by atoms with Crippen LogP contribution >= 0.6 is 11.6 Å². The maximum absolute atomic E-state index is 6.29. The summed E-state index contributed by atoms with van der Waals surface area (Å²) < 4.78 is 7.21. The van der Waals surface area contributed by atoms with Crippen LogP contribution in [0, 0.1) is 0 Å². The number of hydrogen-bond donors (Lipinski definition) is 1. The topological polar surface area (TPSA) is 53.1 Å². The molecule has 5 heteroatoms. The van der Waals surface area contributed by atoms with E-state index in [2.05, 4.69) is 11.9 Å². The Morgan fingerprint density at radius 3 is 2.71 bits per heavy atom. The molecule has 0 amide bonds. The highest BCUT2D eigenvalue weighted by Gasteiger charge is 2.17. The molecule has 2 aromatic carbocycles. The van der Waals surface area contributed by atoms with Crippen LogP contribution in [0.1, 0.15) is 18.5 Å². The predicted octanol–water partition coefficient (Wildman–Crippen LogP) is 3.89. The minimum Gasteiger partial charge on any atom is -0.497 e. The van der Waals surface area contributed by atoms with Crippen molar-refractivity contribution < 1.29 is 4.74 Å². The van der Waals surface area contributed by atoms with Crippen LogP contribution in [-0.4, -0.2) is 16.7 Å². The number of methoxy groups -OCH3 is 1. The Bertz CT molecular complexity index is 797. The van der Waals surface area contributed by atoms with Crippen LogP contribution in [0.15, 0.2) is 42.5 Å². The first kappa shape index (κ1) is 13.8. The van der Waals surface area contributed by atoms with E-state index in [0.29, 0.717) is 5.95 Å². The van der Waals surface area contributed by atoms with Gasteiger partial charge in [-0.3, -0.25) is 0 Å². The first-order valence-electron chi connectivity index (χ1n) is 6.67. The van der Waals surface area contributed by atoms with Gasteiger partial charge in [0.05, 0.1) is 24.2 Å². The zero-order chi connectivity index (χ0) is 15.0. The molecule has 108 valence electrons. The molecule has 0 radical (unpaired) electrons. The van der Waals surface area contributed by atoms with E-state index >= 15 is 0 Å². The van der Waals surface area contributed by atoms with Gasteiger partial charge in [0.25, 0.3) is 0 Å². The summed E-state index contributed by atoms with van der Waals surface area (Å²) in [5.74, 6) is 1.23. The summed E-state index contributed by atoms with van der Waals surface area (Å²) in [6, 6.07) is 13.5. The SMILES string of the molecule is COc1ccc2c(c1)nc(N)n2C(C)c1ccccc1Cl. The monoisotopic (exact) mass is 301 g/mol. The van der Waals surface area contributed by atoms with E-state index in [4.69, 9.17) is 22.1 Å². The Hall–Kier alpha value is -2.20. The molecule has 0 saturated carbocycles. The number of nitrogen functional groups attached to an aromatic ring is 1. The molecule has 0 aliphatic carbocycles. The molecule has 0 saturated heterocycles. The minimum atomic E-state index is -0.00269. The van der Waals surface area contributed by atoms with Gasteiger partial charge in [-0.05, 0) is 30.7 Å². The van der Waals surface area contributed by atoms with Gasteiger partial charge in [0.2, 0.25) is 5.95 Å². The molecule has 1 aromatic heterocycles. The van der Waals surface area contributed by atoms with Crippen molar-refractivity contribution in [2.75, 3.05) is 12.8 Å². The van der Waals surface area contributed by atoms with Crippen LogP contribution in [0.2, 0.25) is 5.02 Å². The van der Waals surface area contributed by atoms with Crippen molar-refractivity contribution in [3.8, 4) is 5.75 Å². The van der Waals surface area contributed by atoms with Crippen molar-refractivity contribution >= 4 is 28.6 Å². The Balaban J connectivity index is 2.16. The van der Waals surface area contributed by atoms with Gasteiger partial charge in [-0.1, -0.05) is 29.8 Å². The van der Waals surface area contributed by atoms with E-state index in [9.17, 15) is 0 Å². The van der Waals surface area contributed by atoms with Crippen LogP contribution in [0.3, 0.4) is 0 Å². The van der Waals surface area contributed by atoms with Gasteiger partial charge in [0.1, 0.15) is 5.75 Å². The maximum Gasteiger partial charge on any atom is 0.201 e. The number of anilines is 1. The van der Waals surface area contributed by atoms with Crippen molar-refractivity contribution in [2.45, 2.75) is 13.0 Å². The first-order chi connectivity index (χ1) is 10.1. The van der Waals surface area contributed by atoms with Crippen LogP contribution in [0.4, 0.5) is 5.95 Å². The van der Waals surface area contributed by atoms with E-state index in [1.807, 2.05) is 47.0 Å². The molecule has 1 unspecified atom stereocenters. The highest BCUT2D eigenvalue weighted by atomic mass is 35.5. The molecule has 0 fully saturated rings. The summed E-state index contributed by atoms with van der Waals surface area (Å²) in [7, 11) is 1.63. The van der Waals surface area contributed by atoms with Gasteiger partial charge in [-0.15, -0.1) is 0 Å². The lowest BCUT2D eigenvalue weighted by atomic mass is 10.1. The second-order valence-corrected chi connectivity index (χ2v) is 5.30. The molecule has 4 nitrogen and oxygen atoms in total. The molecule has 1 atom stereocenters. The number of ether oxygens (including phenoxy) is 1. The first-order valence-corrected chi connectivity index (χ1v) is 7.05. The fourth-order valence-electron chi connectivity index (χ4n) is 2.58. The van der Waals surface area contributed by atoms with Gasteiger partial charge >= 0.3 is 0 Å². The minimum absolute atomic E-state index is 0.00269. The lowest BCUT2D eigenvalue weighted by Gasteiger charge is -2.17. The Labute approximate surface area is 128 Å². The normalized spacial score (nSPS) is 12.5. The average Bonchev–Trinajstić information content (AvgIpc) is 2.81. The smallest absolute Gasteiger partial charge is 0.201 e. The van der Waals surface area contributed by atoms with E-state index in [0.717, 1.165) is 27.4 Å². The van der Waals surface area contributed by atoms with Gasteiger partial charge in [-0.2, -0.15) is 0 Å². The second kappa shape index (κ2) is 5.30. The summed E-state index contributed by atoms with van der Waals surface area (Å²) in [6.07, 6.45) is 0. The molecule has 21 heavy (non-hydrogen) atoms. The number of halogens is 1. The highest BCUT2D eigenvalue weighted by molar-refractivity contribution is 6.31. The molecule has 3 rings (SSSR count). The Morgan fingerprint density at radius 2 is 2.00 bits per heavy atom. The quantitative estimate of drug-likeness (QED) is 0.798. The fourth-order valence-corrected chi connectivity index (χ4v) is 2.88. The number of fused-ring (bicyclic) bond motifs is 1. The number of nitrogens with zero attached hydrogens (tertiary/aromatic N) is 2. The number of benzene rings is 2. The van der Waals surface area contributed by atoms with Crippen molar-refractivity contribution in [3.63, 3.8) is 0 Å². The van der Waals surface area contributed by atoms with Crippen molar-refractivity contribution in [1.82, 2.24) is 9.55 Å². The molecule has 0 spiro atoms. The van der Waals surface area contributed by atoms with E-state index in [1.54, 1.807) is 7.11 Å². The molecule has 0 bridgehead atoms. The Kier molecular flexibility index (Phi) is 3.47. The predicted molar refractivity (Wildman–Crippen MR) is 86.0 cm³/mol. The van der Waals surface area contributed by atoms with Crippen molar-refractivity contribution in [1.29, 1.82) is 0 Å². The van der Waals surface area contributed by atoms with Crippen LogP contribution < -0.4 is 10.5 Å². The number of aromatic nitrogens is 2. The highest BCUT2D eigenvalue weighted by Crippen LogP contribution is 2.32. The zero-order valence-electron chi connectivity index (χ0n) is 11.9. The summed E-state index contributed by atoms with van der Waals surface area (Å²) >= 11 is 6.29. The Morgan fingerprint density at radius 1 is 1.24 bits per heavy atom. The van der Waals surface area contributed by atoms with Crippen molar-refractivity contribution in [2.24, 2.45) is 0 Å². The van der Waals surface area contributed by atoms with Crippen LogP contribution in [0.5, 0.6) is 5.75 Å². The van der Waals surface area contributed by atoms with Crippen molar-refractivity contribution in [3.05, 3.63) is 53.1 Å². The van der Waals surface area contributed by atoms with Gasteiger partial charge < -0.3 is 15.0 Å². The molecule has 0 aliphatic rings. The molecular formula is C16H16ClN3O. The van der Waals surface area contributed by atoms with Crippen LogP contribution in [0.25, 0.3) is 11.0 Å². The lowest BCUT2D eigenvalue weighted by molar-refractivity contribution is 0.415. The third-order valence-corrected chi connectivity index (χ3v) is 4.01. The summed E-state index contributed by atoms with van der Waals surface area (Å²) in [4.78, 5) is 4.42. The molecule has 0 aliphatic heterocycles. The fraction of sp³-hybridized carbons (Fsp3) is 0.188. The van der Waals surface area contributed by atoms with Gasteiger partial charge in [-0.25, -0.2) is 4.98 Å². The zero-order valence-corrected chi connectivity index (χ0v) is 12.6. The molecule has 3 aromatic rings. The molecular weight excluding hydrogens is 286 g/mol. The number of hydrogen-bond acceptors (Lipinski definition) is 3. The molecule has 2 N–H and O–H groups in total. The standard InChI is InChI=1S/C16H16ClN3O/c1-10(12-5-3-4-6-13(12)17)20-15-8-7-11(21-2)9-14(15)19-16(20)18/h3-10H,1-2H3,(H2,18,19). The summed E-state index contributed by atoms with van der Waals surface area (Å²) in [5.41, 5.74) is 8.89. The summed E-state index contributed by atoms with van der Waals surface area (Å²) in [5, 5.41) is 0.722. The average molecular weight is 302 g/mol. The number of imidazole rings is 1. The third-order valence-electron chi connectivity index (χ3n) is 3.67.